The van der Waals surface area contributed by atoms with Crippen LogP contribution in [0.25, 0.3) is 0 Å². The van der Waals surface area contributed by atoms with E-state index in [9.17, 15) is 17.6 Å². The van der Waals surface area contributed by atoms with Gasteiger partial charge < -0.3 is 4.90 Å². The lowest BCUT2D eigenvalue weighted by Crippen LogP contribution is -2.30. The maximum Gasteiger partial charge on any atom is 0.240 e. The van der Waals surface area contributed by atoms with Gasteiger partial charge in [-0.3, -0.25) is 4.79 Å². The van der Waals surface area contributed by atoms with Crippen molar-refractivity contribution in [3.63, 3.8) is 0 Å². The number of nitrogens with one attached hydrogen (secondary N) is 1. The van der Waals surface area contributed by atoms with E-state index in [0.717, 1.165) is 24.0 Å². The number of amides is 1. The fraction of sp³-hybridized carbons (Fsp3) is 0.259. The van der Waals surface area contributed by atoms with Gasteiger partial charge in [-0.15, -0.1) is 0 Å². The van der Waals surface area contributed by atoms with Crippen LogP contribution in [0.3, 0.4) is 0 Å². The van der Waals surface area contributed by atoms with Crippen molar-refractivity contribution in [3.05, 3.63) is 101 Å². The van der Waals surface area contributed by atoms with E-state index in [1.165, 1.54) is 12.1 Å². The molecule has 0 unspecified atom stereocenters. The van der Waals surface area contributed by atoms with Crippen molar-refractivity contribution in [2.75, 3.05) is 0 Å². The van der Waals surface area contributed by atoms with E-state index in [4.69, 9.17) is 5.26 Å². The molecule has 8 heteroatoms. The first-order chi connectivity index (χ1) is 16.8. The molecule has 1 aliphatic rings. The van der Waals surface area contributed by atoms with Gasteiger partial charge in [0.1, 0.15) is 5.82 Å². The van der Waals surface area contributed by atoms with E-state index in [0.29, 0.717) is 24.1 Å². The minimum absolute atomic E-state index is 0.0393. The zero-order valence-corrected chi connectivity index (χ0v) is 20.0. The molecular formula is C27H26FN3O3S. The van der Waals surface area contributed by atoms with E-state index >= 15 is 0 Å². The highest BCUT2D eigenvalue weighted by Crippen LogP contribution is 2.22. The Hall–Kier alpha value is -3.54. The van der Waals surface area contributed by atoms with E-state index in [2.05, 4.69) is 10.8 Å². The summed E-state index contributed by atoms with van der Waals surface area (Å²) >= 11 is 0. The van der Waals surface area contributed by atoms with E-state index in [-0.39, 0.29) is 35.6 Å². The molecule has 35 heavy (non-hydrogen) atoms. The molecule has 0 atom stereocenters. The second-order valence-corrected chi connectivity index (χ2v) is 10.4. The Morgan fingerprint density at radius 2 is 1.63 bits per heavy atom. The maximum absolute atomic E-state index is 13.7. The van der Waals surface area contributed by atoms with Crippen molar-refractivity contribution in [2.45, 2.75) is 49.7 Å². The number of nitrogens with zero attached hydrogens (tertiary/aromatic N) is 2. The summed E-state index contributed by atoms with van der Waals surface area (Å²) in [5.41, 5.74) is 2.94. The molecule has 1 amide bonds. The van der Waals surface area contributed by atoms with Gasteiger partial charge in [-0.25, -0.2) is 17.5 Å². The van der Waals surface area contributed by atoms with Gasteiger partial charge in [0.05, 0.1) is 16.5 Å². The van der Waals surface area contributed by atoms with Crippen molar-refractivity contribution in [1.82, 2.24) is 9.62 Å². The lowest BCUT2D eigenvalue weighted by atomic mass is 10.1. The fourth-order valence-corrected chi connectivity index (χ4v) is 5.03. The first-order valence-electron chi connectivity index (χ1n) is 11.4. The Morgan fingerprint density at radius 1 is 0.971 bits per heavy atom. The standard InChI is InChI=1S/C27H26FN3O3S/c28-24-3-1-2-23(16-24)19-31(18-22-6-4-21(17-29)5-7-22)27(32)15-10-20-8-13-26(14-9-20)35(33,34)30-25-11-12-25/h1-9,13-14,16,25,30H,10-12,15,18-19H2. The van der Waals surface area contributed by atoms with Crippen LogP contribution in [0, 0.1) is 17.1 Å². The van der Waals surface area contributed by atoms with Gasteiger partial charge in [0, 0.05) is 25.6 Å². The summed E-state index contributed by atoms with van der Waals surface area (Å²) in [6.45, 7) is 0.575. The largest absolute Gasteiger partial charge is 0.334 e. The molecule has 6 nitrogen and oxygen atoms in total. The summed E-state index contributed by atoms with van der Waals surface area (Å²) in [5, 5.41) is 9.01. The molecule has 0 spiro atoms. The molecule has 0 heterocycles. The number of benzene rings is 3. The second kappa shape index (κ2) is 10.8. The molecule has 1 fully saturated rings. The minimum atomic E-state index is -3.51. The highest BCUT2D eigenvalue weighted by Gasteiger charge is 2.27. The highest BCUT2D eigenvalue weighted by atomic mass is 32.2. The molecule has 0 saturated heterocycles. The highest BCUT2D eigenvalue weighted by molar-refractivity contribution is 7.89. The Balaban J connectivity index is 1.43. The quantitative estimate of drug-likeness (QED) is 0.458. The van der Waals surface area contributed by atoms with Gasteiger partial charge in [0.2, 0.25) is 15.9 Å². The Bertz CT molecular complexity index is 1330. The van der Waals surface area contributed by atoms with Gasteiger partial charge in [0.25, 0.3) is 0 Å². The van der Waals surface area contributed by atoms with Crippen LogP contribution in [0.5, 0.6) is 0 Å². The summed E-state index contributed by atoms with van der Waals surface area (Å²) in [6, 6.07) is 21.9. The van der Waals surface area contributed by atoms with E-state index < -0.39 is 10.0 Å². The topological polar surface area (TPSA) is 90.3 Å². The Labute approximate surface area is 205 Å². The lowest BCUT2D eigenvalue weighted by molar-refractivity contribution is -0.132. The van der Waals surface area contributed by atoms with Crippen LogP contribution in [-0.4, -0.2) is 25.3 Å². The van der Waals surface area contributed by atoms with Crippen molar-refractivity contribution in [2.24, 2.45) is 0 Å². The van der Waals surface area contributed by atoms with Gasteiger partial charge >= 0.3 is 0 Å². The molecule has 3 aromatic carbocycles. The molecule has 3 aromatic rings. The third kappa shape index (κ3) is 6.98. The lowest BCUT2D eigenvalue weighted by Gasteiger charge is -2.23. The number of halogens is 1. The van der Waals surface area contributed by atoms with Crippen LogP contribution in [0.1, 0.15) is 41.5 Å². The predicted octanol–water partition coefficient (Wildman–Crippen LogP) is 4.30. The van der Waals surface area contributed by atoms with Crippen molar-refractivity contribution >= 4 is 15.9 Å². The summed E-state index contributed by atoms with van der Waals surface area (Å²) in [6.07, 6.45) is 2.41. The third-order valence-corrected chi connectivity index (χ3v) is 7.37. The number of sulfonamides is 1. The SMILES string of the molecule is N#Cc1ccc(CN(Cc2cccc(F)c2)C(=O)CCc2ccc(S(=O)(=O)NC3CC3)cc2)cc1. The predicted molar refractivity (Wildman–Crippen MR) is 130 cm³/mol. The molecule has 0 aromatic heterocycles. The fourth-order valence-electron chi connectivity index (χ4n) is 3.73. The molecule has 180 valence electrons. The number of hydrogen-bond acceptors (Lipinski definition) is 4. The normalized spacial score (nSPS) is 13.3. The van der Waals surface area contributed by atoms with Gasteiger partial charge in [-0.2, -0.15) is 5.26 Å². The Morgan fingerprint density at radius 3 is 2.26 bits per heavy atom. The summed E-state index contributed by atoms with van der Waals surface area (Å²) in [7, 11) is -3.51. The number of nitriles is 1. The first-order valence-corrected chi connectivity index (χ1v) is 12.9. The molecule has 0 aliphatic heterocycles. The Kier molecular flexibility index (Phi) is 7.59. The maximum atomic E-state index is 13.7. The van der Waals surface area contributed by atoms with E-state index in [1.807, 2.05) is 0 Å². The summed E-state index contributed by atoms with van der Waals surface area (Å²) < 4.78 is 41.1. The van der Waals surface area contributed by atoms with E-state index in [1.54, 1.807) is 65.6 Å². The van der Waals surface area contributed by atoms with Crippen LogP contribution in [0.4, 0.5) is 4.39 Å². The van der Waals surface area contributed by atoms with Crippen LogP contribution in [0.2, 0.25) is 0 Å². The molecule has 4 rings (SSSR count). The van der Waals surface area contributed by atoms with Crippen molar-refractivity contribution in [3.8, 4) is 6.07 Å². The molecular weight excluding hydrogens is 465 g/mol. The van der Waals surface area contributed by atoms with Crippen LogP contribution >= 0.6 is 0 Å². The minimum Gasteiger partial charge on any atom is -0.334 e. The zero-order chi connectivity index (χ0) is 24.8. The second-order valence-electron chi connectivity index (χ2n) is 8.73. The molecule has 1 saturated carbocycles. The molecule has 0 bridgehead atoms. The molecule has 1 N–H and O–H groups in total. The smallest absolute Gasteiger partial charge is 0.240 e. The number of carbonyl (C=O) groups is 1. The van der Waals surface area contributed by atoms with Crippen LogP contribution in [0.15, 0.2) is 77.7 Å². The van der Waals surface area contributed by atoms with Crippen LogP contribution < -0.4 is 4.72 Å². The van der Waals surface area contributed by atoms with Crippen molar-refractivity contribution < 1.29 is 17.6 Å². The number of rotatable bonds is 10. The first kappa shape index (κ1) is 24.6. The zero-order valence-electron chi connectivity index (χ0n) is 19.2. The van der Waals surface area contributed by atoms with Crippen LogP contribution in [-0.2, 0) is 34.3 Å². The average molecular weight is 492 g/mol. The summed E-state index contributed by atoms with van der Waals surface area (Å²) in [5.74, 6) is -0.467. The molecule has 1 aliphatic carbocycles. The van der Waals surface area contributed by atoms with Gasteiger partial charge in [-0.05, 0) is 72.4 Å². The van der Waals surface area contributed by atoms with Gasteiger partial charge in [0.15, 0.2) is 0 Å². The molecule has 0 radical (unpaired) electrons. The monoisotopic (exact) mass is 491 g/mol. The van der Waals surface area contributed by atoms with Crippen molar-refractivity contribution in [1.29, 1.82) is 5.26 Å². The third-order valence-electron chi connectivity index (χ3n) is 5.83. The number of aryl methyl sites for hydroxylation is 1. The number of hydrogen-bond donors (Lipinski definition) is 1. The summed E-state index contributed by atoms with van der Waals surface area (Å²) in [4.78, 5) is 15.0. The average Bonchev–Trinajstić information content (AvgIpc) is 3.66. The number of carbonyl (C=O) groups excluding carboxylic acids is 1. The van der Waals surface area contributed by atoms with Gasteiger partial charge in [-0.1, -0.05) is 36.4 Å².